The molecule has 0 fully saturated rings. The van der Waals surface area contributed by atoms with Gasteiger partial charge in [-0.2, -0.15) is 0 Å². The number of halogens is 4. The number of carbonyl (C=O) groups excluding carboxylic acids is 1. The lowest BCUT2D eigenvalue weighted by Crippen LogP contribution is -2.11. The summed E-state index contributed by atoms with van der Waals surface area (Å²) in [5, 5.41) is 0.202. The fourth-order valence-electron chi connectivity index (χ4n) is 1.39. The number of esters is 1. The number of hydrogen-bond donors (Lipinski definition) is 0. The van der Waals surface area contributed by atoms with Crippen LogP contribution in [0.4, 0.5) is 8.78 Å². The first-order chi connectivity index (χ1) is 8.51. The number of rotatable bonds is 5. The van der Waals surface area contributed by atoms with Crippen molar-refractivity contribution in [2.24, 2.45) is 0 Å². The van der Waals surface area contributed by atoms with Crippen molar-refractivity contribution in [3.63, 3.8) is 0 Å². The Morgan fingerprint density at radius 1 is 1.61 bits per heavy atom. The summed E-state index contributed by atoms with van der Waals surface area (Å²) in [5.41, 5.74) is 0.412. The first kappa shape index (κ1) is 15.3. The van der Waals surface area contributed by atoms with Gasteiger partial charge in [0.05, 0.1) is 18.1 Å². The van der Waals surface area contributed by atoms with Gasteiger partial charge in [-0.25, -0.2) is 8.78 Å². The van der Waals surface area contributed by atoms with Gasteiger partial charge in [0.1, 0.15) is 5.69 Å². The van der Waals surface area contributed by atoms with Crippen LogP contribution < -0.4 is 0 Å². The molecule has 0 spiro atoms. The monoisotopic (exact) mass is 341 g/mol. The Labute approximate surface area is 117 Å². The smallest absolute Gasteiger partial charge is 0.310 e. The van der Waals surface area contributed by atoms with E-state index in [9.17, 15) is 13.6 Å². The van der Waals surface area contributed by atoms with Crippen LogP contribution in [0.2, 0.25) is 5.02 Å². The highest BCUT2D eigenvalue weighted by molar-refractivity contribution is 9.08. The number of carbonyl (C=O) groups is 1. The summed E-state index contributed by atoms with van der Waals surface area (Å²) >= 11 is 9.06. The Bertz CT molecular complexity index is 443. The Balaban J connectivity index is 3.13. The lowest BCUT2D eigenvalue weighted by Gasteiger charge is -2.12. The van der Waals surface area contributed by atoms with E-state index in [-0.39, 0.29) is 18.1 Å². The van der Waals surface area contributed by atoms with Crippen molar-refractivity contribution in [3.8, 4) is 0 Å². The van der Waals surface area contributed by atoms with Crippen LogP contribution in [0.3, 0.4) is 0 Å². The predicted molar refractivity (Wildman–Crippen MR) is 67.2 cm³/mol. The van der Waals surface area contributed by atoms with Gasteiger partial charge in [0.15, 0.2) is 0 Å². The average molecular weight is 343 g/mol. The number of nitrogens with zero attached hydrogens (tertiary/aromatic N) is 1. The van der Waals surface area contributed by atoms with Gasteiger partial charge in [-0.05, 0) is 18.1 Å². The molecule has 0 unspecified atom stereocenters. The molecule has 0 saturated heterocycles. The van der Waals surface area contributed by atoms with E-state index in [2.05, 4.69) is 20.9 Å². The first-order valence-electron chi connectivity index (χ1n) is 5.17. The molecular formula is C11H11BrClF2NO2. The molecule has 18 heavy (non-hydrogen) atoms. The van der Waals surface area contributed by atoms with Crippen molar-refractivity contribution >= 4 is 33.5 Å². The summed E-state index contributed by atoms with van der Waals surface area (Å²) in [6.45, 7) is 1.90. The highest BCUT2D eigenvalue weighted by Crippen LogP contribution is 2.31. The van der Waals surface area contributed by atoms with Crippen LogP contribution in [0.25, 0.3) is 0 Å². The molecule has 1 heterocycles. The second-order valence-corrected chi connectivity index (χ2v) is 4.32. The van der Waals surface area contributed by atoms with Crippen molar-refractivity contribution in [2.45, 2.75) is 25.1 Å². The number of ether oxygens (including phenoxy) is 1. The molecule has 0 atom stereocenters. The normalized spacial score (nSPS) is 10.8. The quantitative estimate of drug-likeness (QED) is 0.605. The molecular weight excluding hydrogens is 331 g/mol. The van der Waals surface area contributed by atoms with E-state index in [0.717, 1.165) is 0 Å². The molecule has 1 aromatic rings. The van der Waals surface area contributed by atoms with Crippen molar-refractivity contribution < 1.29 is 18.3 Å². The third kappa shape index (κ3) is 3.62. The highest BCUT2D eigenvalue weighted by atomic mass is 79.9. The molecule has 0 aliphatic rings. The van der Waals surface area contributed by atoms with Gasteiger partial charge in [0, 0.05) is 11.5 Å². The molecule has 100 valence electrons. The summed E-state index contributed by atoms with van der Waals surface area (Å²) in [4.78, 5) is 15.0. The second kappa shape index (κ2) is 6.99. The van der Waals surface area contributed by atoms with E-state index >= 15 is 0 Å². The summed E-state index contributed by atoms with van der Waals surface area (Å²) in [6.07, 6.45) is -1.63. The summed E-state index contributed by atoms with van der Waals surface area (Å²) < 4.78 is 30.1. The van der Waals surface area contributed by atoms with E-state index in [1.807, 2.05) is 0 Å². The standard InChI is InChI=1S/C11H11BrClF2NO2/c1-2-18-8(17)3-7-6(4-12)5-16-10(9(7)13)11(14)15/h5,11H,2-4H2,1H3. The van der Waals surface area contributed by atoms with Gasteiger partial charge in [-0.15, -0.1) is 0 Å². The third-order valence-electron chi connectivity index (χ3n) is 2.21. The minimum atomic E-state index is -2.78. The van der Waals surface area contributed by atoms with Gasteiger partial charge in [0.2, 0.25) is 0 Å². The molecule has 0 amide bonds. The van der Waals surface area contributed by atoms with Gasteiger partial charge < -0.3 is 4.74 Å². The fourth-order valence-corrected chi connectivity index (χ4v) is 2.20. The zero-order valence-corrected chi connectivity index (χ0v) is 11.9. The van der Waals surface area contributed by atoms with E-state index in [0.29, 0.717) is 16.5 Å². The molecule has 7 heteroatoms. The predicted octanol–water partition coefficient (Wildman–Crippen LogP) is 3.67. The molecule has 3 nitrogen and oxygen atoms in total. The third-order valence-corrected chi connectivity index (χ3v) is 3.24. The Morgan fingerprint density at radius 3 is 2.78 bits per heavy atom. The SMILES string of the molecule is CCOC(=O)Cc1c(CBr)cnc(C(F)F)c1Cl. The van der Waals surface area contributed by atoms with Gasteiger partial charge in [0.25, 0.3) is 6.43 Å². The Hall–Kier alpha value is -0.750. The highest BCUT2D eigenvalue weighted by Gasteiger charge is 2.21. The van der Waals surface area contributed by atoms with Crippen molar-refractivity contribution in [1.82, 2.24) is 4.98 Å². The minimum absolute atomic E-state index is 0.143. The number of alkyl halides is 3. The van der Waals surface area contributed by atoms with Crippen molar-refractivity contribution in [2.75, 3.05) is 6.61 Å². The number of aromatic nitrogens is 1. The maximum atomic E-state index is 12.7. The van der Waals surface area contributed by atoms with Crippen molar-refractivity contribution in [1.29, 1.82) is 0 Å². The number of hydrogen-bond acceptors (Lipinski definition) is 3. The summed E-state index contributed by atoms with van der Waals surface area (Å²) in [5.74, 6) is -0.506. The molecule has 0 aromatic carbocycles. The fraction of sp³-hybridized carbons (Fsp3) is 0.455. The van der Waals surface area contributed by atoms with Gasteiger partial charge >= 0.3 is 5.97 Å². The summed E-state index contributed by atoms with van der Waals surface area (Å²) in [7, 11) is 0. The first-order valence-corrected chi connectivity index (χ1v) is 6.67. The average Bonchev–Trinajstić information content (AvgIpc) is 2.31. The van der Waals surface area contributed by atoms with Crippen molar-refractivity contribution in [3.05, 3.63) is 28.0 Å². The van der Waals surface area contributed by atoms with E-state index in [4.69, 9.17) is 16.3 Å². The minimum Gasteiger partial charge on any atom is -0.466 e. The van der Waals surface area contributed by atoms with Crippen LogP contribution in [0, 0.1) is 0 Å². The zero-order valence-electron chi connectivity index (χ0n) is 9.55. The molecule has 0 aliphatic carbocycles. The molecule has 0 radical (unpaired) electrons. The molecule has 1 aromatic heterocycles. The maximum Gasteiger partial charge on any atom is 0.310 e. The van der Waals surface area contributed by atoms with Gasteiger partial charge in [-0.3, -0.25) is 9.78 Å². The lowest BCUT2D eigenvalue weighted by molar-refractivity contribution is -0.142. The molecule has 0 aliphatic heterocycles. The van der Waals surface area contributed by atoms with Crippen LogP contribution >= 0.6 is 27.5 Å². The van der Waals surface area contributed by atoms with E-state index in [1.54, 1.807) is 6.92 Å². The van der Waals surface area contributed by atoms with E-state index < -0.39 is 18.1 Å². The maximum absolute atomic E-state index is 12.7. The lowest BCUT2D eigenvalue weighted by atomic mass is 10.1. The zero-order chi connectivity index (χ0) is 13.7. The van der Waals surface area contributed by atoms with Crippen LogP contribution in [-0.2, 0) is 21.3 Å². The Morgan fingerprint density at radius 2 is 2.28 bits per heavy atom. The topological polar surface area (TPSA) is 39.2 Å². The molecule has 0 N–H and O–H groups in total. The molecule has 1 rings (SSSR count). The van der Waals surface area contributed by atoms with Crippen LogP contribution in [-0.4, -0.2) is 17.6 Å². The Kier molecular flexibility index (Phi) is 5.95. The van der Waals surface area contributed by atoms with Gasteiger partial charge in [-0.1, -0.05) is 27.5 Å². The second-order valence-electron chi connectivity index (χ2n) is 3.38. The molecule has 0 saturated carbocycles. The molecule has 0 bridgehead atoms. The largest absolute Gasteiger partial charge is 0.466 e. The van der Waals surface area contributed by atoms with Crippen LogP contribution in [0.1, 0.15) is 30.2 Å². The van der Waals surface area contributed by atoms with Crippen LogP contribution in [0.5, 0.6) is 0 Å². The summed E-state index contributed by atoms with van der Waals surface area (Å²) in [6, 6.07) is 0. The van der Waals surface area contributed by atoms with Crippen LogP contribution in [0.15, 0.2) is 6.20 Å². The number of pyridine rings is 1. The van der Waals surface area contributed by atoms with E-state index in [1.165, 1.54) is 6.20 Å².